The summed E-state index contributed by atoms with van der Waals surface area (Å²) in [6, 6.07) is 5.61. The first-order valence-corrected chi connectivity index (χ1v) is 6.37. The summed E-state index contributed by atoms with van der Waals surface area (Å²) < 4.78 is 11.1. The predicted molar refractivity (Wildman–Crippen MR) is 71.9 cm³/mol. The van der Waals surface area contributed by atoms with Crippen molar-refractivity contribution >= 4 is 15.9 Å². The van der Waals surface area contributed by atoms with Crippen LogP contribution in [0, 0.1) is 11.3 Å². The van der Waals surface area contributed by atoms with Gasteiger partial charge in [0.1, 0.15) is 0 Å². The molecule has 4 nitrogen and oxygen atoms in total. The van der Waals surface area contributed by atoms with Crippen LogP contribution in [0.4, 0.5) is 0 Å². The fourth-order valence-corrected chi connectivity index (χ4v) is 2.36. The van der Waals surface area contributed by atoms with Crippen molar-refractivity contribution in [1.29, 1.82) is 5.26 Å². The van der Waals surface area contributed by atoms with Crippen LogP contribution in [-0.4, -0.2) is 25.4 Å². The molecule has 1 N–H and O–H groups in total. The topological polar surface area (TPSA) is 62.5 Å². The summed E-state index contributed by atoms with van der Waals surface area (Å²) in [5, 5.41) is 19.0. The molecule has 0 aliphatic rings. The summed E-state index contributed by atoms with van der Waals surface area (Å²) in [6.07, 6.45) is -0.176. The molecular formula is C13H16BrNO3. The van der Waals surface area contributed by atoms with Gasteiger partial charge in [-0.25, -0.2) is 0 Å². The van der Waals surface area contributed by atoms with Crippen molar-refractivity contribution in [2.45, 2.75) is 25.4 Å². The Bertz CT molecular complexity index is 456. The Hall–Kier alpha value is -1.25. The van der Waals surface area contributed by atoms with Crippen LogP contribution in [0.25, 0.3) is 0 Å². The van der Waals surface area contributed by atoms with Gasteiger partial charge >= 0.3 is 0 Å². The first-order valence-electron chi connectivity index (χ1n) is 5.58. The van der Waals surface area contributed by atoms with E-state index in [0.29, 0.717) is 28.0 Å². The molecule has 0 aliphatic carbocycles. The first kappa shape index (κ1) is 14.8. The Balaban J connectivity index is 3.26. The van der Waals surface area contributed by atoms with E-state index in [2.05, 4.69) is 22.0 Å². The summed E-state index contributed by atoms with van der Waals surface area (Å²) in [5.74, 6) is 0.528. The zero-order valence-electron chi connectivity index (χ0n) is 10.6. The van der Waals surface area contributed by atoms with Crippen molar-refractivity contribution in [3.63, 3.8) is 0 Å². The van der Waals surface area contributed by atoms with Gasteiger partial charge in [-0.1, -0.05) is 6.92 Å². The highest BCUT2D eigenvalue weighted by Crippen LogP contribution is 2.38. The lowest BCUT2D eigenvalue weighted by Crippen LogP contribution is -2.16. The van der Waals surface area contributed by atoms with Crippen molar-refractivity contribution in [3.05, 3.63) is 22.2 Å². The van der Waals surface area contributed by atoms with Crippen molar-refractivity contribution in [1.82, 2.24) is 0 Å². The predicted octanol–water partition coefficient (Wildman–Crippen LogP) is 2.84. The number of benzene rings is 1. The molecule has 0 radical (unpaired) electrons. The second-order valence-corrected chi connectivity index (χ2v) is 4.67. The van der Waals surface area contributed by atoms with Gasteiger partial charge < -0.3 is 14.6 Å². The maximum Gasteiger partial charge on any atom is 0.174 e. The molecule has 18 heavy (non-hydrogen) atoms. The number of ether oxygens (including phenoxy) is 2. The van der Waals surface area contributed by atoms with Crippen LogP contribution in [-0.2, 0) is 0 Å². The van der Waals surface area contributed by atoms with Crippen LogP contribution in [0.2, 0.25) is 0 Å². The quantitative estimate of drug-likeness (QED) is 0.908. The molecule has 1 aromatic carbocycles. The van der Waals surface area contributed by atoms with E-state index >= 15 is 0 Å². The molecule has 2 atom stereocenters. The van der Waals surface area contributed by atoms with Gasteiger partial charge in [0.25, 0.3) is 0 Å². The lowest BCUT2D eigenvalue weighted by Gasteiger charge is -2.18. The molecule has 0 fully saturated rings. The third-order valence-corrected chi connectivity index (χ3v) is 3.35. The molecule has 0 saturated carbocycles. The number of rotatable bonds is 5. The smallest absolute Gasteiger partial charge is 0.174 e. The minimum absolute atomic E-state index is 0.518. The molecule has 2 unspecified atom stereocenters. The van der Waals surface area contributed by atoms with Gasteiger partial charge in [-0.2, -0.15) is 5.26 Å². The molecule has 0 aliphatic heterocycles. The second-order valence-electron chi connectivity index (χ2n) is 3.82. The Labute approximate surface area is 115 Å². The Morgan fingerprint density at radius 1 is 1.39 bits per heavy atom. The largest absolute Gasteiger partial charge is 0.493 e. The van der Waals surface area contributed by atoms with Crippen LogP contribution in [0.15, 0.2) is 16.6 Å². The van der Waals surface area contributed by atoms with E-state index in [1.54, 1.807) is 19.2 Å². The Kier molecular flexibility index (Phi) is 5.45. The Morgan fingerprint density at radius 3 is 2.50 bits per heavy atom. The van der Waals surface area contributed by atoms with Crippen molar-refractivity contribution in [2.75, 3.05) is 14.2 Å². The van der Waals surface area contributed by atoms with E-state index in [1.165, 1.54) is 7.11 Å². The van der Waals surface area contributed by atoms with Gasteiger partial charge in [0, 0.05) is 0 Å². The van der Waals surface area contributed by atoms with Crippen molar-refractivity contribution in [2.24, 2.45) is 0 Å². The number of hydrogen-bond acceptors (Lipinski definition) is 4. The van der Waals surface area contributed by atoms with Crippen LogP contribution < -0.4 is 9.47 Å². The lowest BCUT2D eigenvalue weighted by molar-refractivity contribution is 0.157. The fourth-order valence-electron chi connectivity index (χ4n) is 1.74. The zero-order chi connectivity index (χ0) is 13.7. The van der Waals surface area contributed by atoms with E-state index in [0.717, 1.165) is 0 Å². The fraction of sp³-hybridized carbons (Fsp3) is 0.462. The van der Waals surface area contributed by atoms with Gasteiger partial charge in [0.2, 0.25) is 0 Å². The van der Waals surface area contributed by atoms with Gasteiger partial charge in [-0.3, -0.25) is 0 Å². The number of nitrogens with zero attached hydrogens (tertiary/aromatic N) is 1. The van der Waals surface area contributed by atoms with E-state index in [-0.39, 0.29) is 0 Å². The number of aliphatic hydroxyl groups excluding tert-OH is 1. The monoisotopic (exact) mass is 313 g/mol. The minimum atomic E-state index is -0.694. The number of nitriles is 1. The Morgan fingerprint density at radius 2 is 2.06 bits per heavy atom. The summed E-state index contributed by atoms with van der Waals surface area (Å²) >= 11 is 3.37. The highest BCUT2D eigenvalue weighted by molar-refractivity contribution is 9.10. The van der Waals surface area contributed by atoms with Crippen molar-refractivity contribution in [3.8, 4) is 17.6 Å². The number of methoxy groups -OCH3 is 2. The molecule has 0 spiro atoms. The van der Waals surface area contributed by atoms with Crippen LogP contribution >= 0.6 is 15.9 Å². The highest BCUT2D eigenvalue weighted by atomic mass is 79.9. The summed E-state index contributed by atoms with van der Waals surface area (Å²) in [7, 11) is 3.08. The molecule has 0 aromatic heterocycles. The molecule has 0 amide bonds. The summed E-state index contributed by atoms with van der Waals surface area (Å²) in [5.41, 5.74) is 0.705. The summed E-state index contributed by atoms with van der Waals surface area (Å²) in [6.45, 7) is 1.84. The maximum atomic E-state index is 9.84. The number of hydrogen-bond donors (Lipinski definition) is 1. The third-order valence-electron chi connectivity index (χ3n) is 2.76. The molecule has 1 aromatic rings. The molecule has 1 rings (SSSR count). The maximum absolute atomic E-state index is 9.84. The summed E-state index contributed by atoms with van der Waals surface area (Å²) in [4.78, 5) is 0. The van der Waals surface area contributed by atoms with E-state index in [4.69, 9.17) is 14.7 Å². The highest BCUT2D eigenvalue weighted by Gasteiger charge is 2.22. The van der Waals surface area contributed by atoms with E-state index in [9.17, 15) is 5.11 Å². The van der Waals surface area contributed by atoms with E-state index in [1.807, 2.05) is 6.92 Å². The standard InChI is InChI=1S/C13H16BrNO3/c1-4-11(16)9(7-15)8-5-10(14)13(18-3)12(6-8)17-2/h5-6,9,11,16H,4H2,1-3H3. The first-order chi connectivity index (χ1) is 8.58. The normalized spacial score (nSPS) is 13.6. The zero-order valence-corrected chi connectivity index (χ0v) is 12.2. The van der Waals surface area contributed by atoms with Gasteiger partial charge in [-0.15, -0.1) is 0 Å². The van der Waals surface area contributed by atoms with Crippen LogP contribution in [0.3, 0.4) is 0 Å². The number of aliphatic hydroxyl groups is 1. The SMILES string of the molecule is CCC(O)C(C#N)c1cc(Br)c(OC)c(OC)c1. The molecule has 0 heterocycles. The van der Waals surface area contributed by atoms with Crippen LogP contribution in [0.1, 0.15) is 24.8 Å². The minimum Gasteiger partial charge on any atom is -0.493 e. The molecule has 98 valence electrons. The average molecular weight is 314 g/mol. The van der Waals surface area contributed by atoms with Gasteiger partial charge in [-0.05, 0) is 40.0 Å². The van der Waals surface area contributed by atoms with E-state index < -0.39 is 12.0 Å². The molecule has 5 heteroatoms. The molecule has 0 bridgehead atoms. The van der Waals surface area contributed by atoms with Crippen molar-refractivity contribution < 1.29 is 14.6 Å². The van der Waals surface area contributed by atoms with Gasteiger partial charge in [0.15, 0.2) is 11.5 Å². The number of halogens is 1. The third kappa shape index (κ3) is 2.95. The lowest BCUT2D eigenvalue weighted by atomic mass is 9.93. The van der Waals surface area contributed by atoms with Crippen LogP contribution in [0.5, 0.6) is 11.5 Å². The van der Waals surface area contributed by atoms with Gasteiger partial charge in [0.05, 0.1) is 36.8 Å². The second kappa shape index (κ2) is 6.62. The molecular weight excluding hydrogens is 298 g/mol. The average Bonchev–Trinajstić information content (AvgIpc) is 2.38. The molecule has 0 saturated heterocycles.